The molecule has 0 saturated heterocycles. The first-order valence-corrected chi connectivity index (χ1v) is 5.60. The number of aliphatic carboxylic acids is 1. The molecule has 0 bridgehead atoms. The highest BCUT2D eigenvalue weighted by Gasteiger charge is 2.18. The van der Waals surface area contributed by atoms with Crippen LogP contribution in [0.15, 0.2) is 18.2 Å². The van der Waals surface area contributed by atoms with Crippen LogP contribution in [0.4, 0.5) is 0 Å². The van der Waals surface area contributed by atoms with E-state index in [9.17, 15) is 9.59 Å². The molecule has 0 aliphatic heterocycles. The molecule has 1 amide bonds. The average molecular weight is 286 g/mol. The second-order valence-electron chi connectivity index (χ2n) is 3.42. The van der Waals surface area contributed by atoms with Crippen LogP contribution in [0.25, 0.3) is 0 Å². The van der Waals surface area contributed by atoms with Gasteiger partial charge < -0.3 is 10.0 Å². The lowest BCUT2D eigenvalue weighted by Crippen LogP contribution is -2.36. The van der Waals surface area contributed by atoms with Gasteiger partial charge in [0.15, 0.2) is 0 Å². The zero-order chi connectivity index (χ0) is 13.7. The second kappa shape index (κ2) is 6.29. The molecule has 6 heteroatoms. The van der Waals surface area contributed by atoms with Crippen LogP contribution >= 0.6 is 23.2 Å². The van der Waals surface area contributed by atoms with Gasteiger partial charge in [0.25, 0.3) is 5.91 Å². The summed E-state index contributed by atoms with van der Waals surface area (Å²) < 4.78 is 0. The number of amides is 1. The number of carboxylic acid groups (broad SMARTS) is 1. The van der Waals surface area contributed by atoms with E-state index in [0.29, 0.717) is 10.0 Å². The molecule has 1 N–H and O–H groups in total. The Balaban J connectivity index is 3.01. The SMILES string of the molecule is C#CCN(CC(=O)O)C(=O)c1cc(Cl)cc(Cl)c1. The molecule has 0 aliphatic carbocycles. The number of halogens is 2. The van der Waals surface area contributed by atoms with Crippen LogP contribution < -0.4 is 0 Å². The van der Waals surface area contributed by atoms with Gasteiger partial charge in [0.2, 0.25) is 0 Å². The van der Waals surface area contributed by atoms with Crippen molar-refractivity contribution < 1.29 is 14.7 Å². The molecule has 0 spiro atoms. The van der Waals surface area contributed by atoms with Gasteiger partial charge in [-0.1, -0.05) is 29.1 Å². The van der Waals surface area contributed by atoms with Crippen molar-refractivity contribution in [1.82, 2.24) is 4.90 Å². The van der Waals surface area contributed by atoms with E-state index in [0.717, 1.165) is 4.90 Å². The third-order valence-corrected chi connectivity index (χ3v) is 2.44. The Kier molecular flexibility index (Phi) is 5.02. The summed E-state index contributed by atoms with van der Waals surface area (Å²) in [5.41, 5.74) is 0.198. The Morgan fingerprint density at radius 3 is 2.28 bits per heavy atom. The van der Waals surface area contributed by atoms with Crippen LogP contribution in [0, 0.1) is 12.3 Å². The van der Waals surface area contributed by atoms with Gasteiger partial charge in [0.05, 0.1) is 6.54 Å². The molecule has 0 aromatic heterocycles. The number of carbonyl (C=O) groups excluding carboxylic acids is 1. The number of rotatable bonds is 4. The molecule has 4 nitrogen and oxygen atoms in total. The van der Waals surface area contributed by atoms with E-state index in [4.69, 9.17) is 34.7 Å². The van der Waals surface area contributed by atoms with Crippen molar-refractivity contribution in [3.05, 3.63) is 33.8 Å². The summed E-state index contributed by atoms with van der Waals surface area (Å²) in [6.45, 7) is -0.581. The maximum absolute atomic E-state index is 12.0. The number of terminal acetylenes is 1. The summed E-state index contributed by atoms with van der Waals surface area (Å²) in [4.78, 5) is 23.7. The molecule has 0 atom stereocenters. The highest BCUT2D eigenvalue weighted by molar-refractivity contribution is 6.35. The first kappa shape index (κ1) is 14.4. The van der Waals surface area contributed by atoms with Gasteiger partial charge in [0, 0.05) is 15.6 Å². The molecular formula is C12H9Cl2NO3. The van der Waals surface area contributed by atoms with Crippen molar-refractivity contribution in [1.29, 1.82) is 0 Å². The second-order valence-corrected chi connectivity index (χ2v) is 4.29. The van der Waals surface area contributed by atoms with Gasteiger partial charge >= 0.3 is 5.97 Å². The third-order valence-electron chi connectivity index (χ3n) is 2.00. The number of nitrogens with zero attached hydrogens (tertiary/aromatic N) is 1. The monoisotopic (exact) mass is 285 g/mol. The van der Waals surface area contributed by atoms with E-state index >= 15 is 0 Å². The summed E-state index contributed by atoms with van der Waals surface area (Å²) in [5, 5.41) is 9.29. The van der Waals surface area contributed by atoms with Crippen LogP contribution in [0.2, 0.25) is 10.0 Å². The molecule has 0 unspecified atom stereocenters. The van der Waals surface area contributed by atoms with Crippen LogP contribution in [0.3, 0.4) is 0 Å². The zero-order valence-electron chi connectivity index (χ0n) is 9.19. The first-order valence-electron chi connectivity index (χ1n) is 4.84. The molecule has 0 fully saturated rings. The summed E-state index contributed by atoms with van der Waals surface area (Å²) in [7, 11) is 0. The maximum atomic E-state index is 12.0. The first-order chi connectivity index (χ1) is 8.43. The van der Waals surface area contributed by atoms with Crippen molar-refractivity contribution >= 4 is 35.1 Å². The number of benzene rings is 1. The largest absolute Gasteiger partial charge is 0.480 e. The summed E-state index contributed by atoms with van der Waals surface area (Å²) in [6.07, 6.45) is 5.09. The molecule has 94 valence electrons. The predicted octanol–water partition coefficient (Wildman–Crippen LogP) is 2.15. The quantitative estimate of drug-likeness (QED) is 0.863. The molecule has 0 aliphatic rings. The lowest BCUT2D eigenvalue weighted by Gasteiger charge is -2.18. The van der Waals surface area contributed by atoms with E-state index in [-0.39, 0.29) is 12.1 Å². The lowest BCUT2D eigenvalue weighted by atomic mass is 10.2. The van der Waals surface area contributed by atoms with Crippen molar-refractivity contribution in [2.45, 2.75) is 0 Å². The van der Waals surface area contributed by atoms with E-state index < -0.39 is 18.4 Å². The molecular weight excluding hydrogens is 277 g/mol. The minimum absolute atomic E-state index is 0.102. The van der Waals surface area contributed by atoms with Gasteiger partial charge in [-0.15, -0.1) is 6.42 Å². The average Bonchev–Trinajstić information content (AvgIpc) is 2.25. The molecule has 1 rings (SSSR count). The Labute approximate surface area is 114 Å². The van der Waals surface area contributed by atoms with Gasteiger partial charge in [-0.25, -0.2) is 0 Å². The fourth-order valence-electron chi connectivity index (χ4n) is 1.33. The smallest absolute Gasteiger partial charge is 0.323 e. The van der Waals surface area contributed by atoms with Gasteiger partial charge in [-0.2, -0.15) is 0 Å². The van der Waals surface area contributed by atoms with Crippen LogP contribution in [0.1, 0.15) is 10.4 Å². The van der Waals surface area contributed by atoms with Crippen molar-refractivity contribution in [2.24, 2.45) is 0 Å². The predicted molar refractivity (Wildman–Crippen MR) is 68.8 cm³/mol. The summed E-state index contributed by atoms with van der Waals surface area (Å²) >= 11 is 11.5. The van der Waals surface area contributed by atoms with Gasteiger partial charge in [-0.3, -0.25) is 9.59 Å². The lowest BCUT2D eigenvalue weighted by molar-refractivity contribution is -0.137. The summed E-state index contributed by atoms with van der Waals surface area (Å²) in [6, 6.07) is 4.28. The van der Waals surface area contributed by atoms with Gasteiger partial charge in [-0.05, 0) is 18.2 Å². The van der Waals surface area contributed by atoms with E-state index in [1.54, 1.807) is 0 Å². The van der Waals surface area contributed by atoms with Crippen molar-refractivity contribution in [3.8, 4) is 12.3 Å². The van der Waals surface area contributed by atoms with E-state index in [1.165, 1.54) is 18.2 Å². The van der Waals surface area contributed by atoms with Crippen molar-refractivity contribution in [3.63, 3.8) is 0 Å². The number of hydrogen-bond donors (Lipinski definition) is 1. The minimum atomic E-state index is -1.15. The Hall–Kier alpha value is -1.70. The molecule has 0 radical (unpaired) electrons. The number of hydrogen-bond acceptors (Lipinski definition) is 2. The third kappa shape index (κ3) is 3.95. The summed E-state index contributed by atoms with van der Waals surface area (Å²) in [5.74, 6) is 0.554. The normalized spacial score (nSPS) is 9.61. The zero-order valence-corrected chi connectivity index (χ0v) is 10.7. The fourth-order valence-corrected chi connectivity index (χ4v) is 1.86. The fraction of sp³-hybridized carbons (Fsp3) is 0.167. The molecule has 0 heterocycles. The Morgan fingerprint density at radius 2 is 1.83 bits per heavy atom. The van der Waals surface area contributed by atoms with Crippen LogP contribution in [-0.2, 0) is 4.79 Å². The van der Waals surface area contributed by atoms with Crippen molar-refractivity contribution in [2.75, 3.05) is 13.1 Å². The molecule has 1 aromatic carbocycles. The van der Waals surface area contributed by atoms with E-state index in [1.807, 2.05) is 0 Å². The number of carboxylic acids is 1. The highest BCUT2D eigenvalue weighted by atomic mass is 35.5. The minimum Gasteiger partial charge on any atom is -0.480 e. The number of carbonyl (C=O) groups is 2. The van der Waals surface area contributed by atoms with Crippen LogP contribution in [-0.4, -0.2) is 35.0 Å². The molecule has 18 heavy (non-hydrogen) atoms. The topological polar surface area (TPSA) is 57.6 Å². The maximum Gasteiger partial charge on any atom is 0.323 e. The van der Waals surface area contributed by atoms with Gasteiger partial charge in [0.1, 0.15) is 6.54 Å². The Morgan fingerprint density at radius 1 is 1.28 bits per heavy atom. The van der Waals surface area contributed by atoms with E-state index in [2.05, 4.69) is 5.92 Å². The molecule has 0 saturated carbocycles. The highest BCUT2D eigenvalue weighted by Crippen LogP contribution is 2.20. The standard InChI is InChI=1S/C12H9Cl2NO3/c1-2-3-15(7-11(16)17)12(18)8-4-9(13)6-10(14)5-8/h1,4-6H,3,7H2,(H,16,17). The molecule has 1 aromatic rings. The van der Waals surface area contributed by atoms with Crippen LogP contribution in [0.5, 0.6) is 0 Å². The Bertz CT molecular complexity index is 502.